The van der Waals surface area contributed by atoms with E-state index in [9.17, 15) is 0 Å². The predicted molar refractivity (Wildman–Crippen MR) is 88.5 cm³/mol. The van der Waals surface area contributed by atoms with Crippen molar-refractivity contribution in [2.75, 3.05) is 6.54 Å². The second-order valence-corrected chi connectivity index (χ2v) is 6.90. The Hall–Kier alpha value is -0.820. The quantitative estimate of drug-likeness (QED) is 0.763. The molecule has 2 rings (SSSR count). The molecule has 0 aromatic heterocycles. The molecule has 1 saturated carbocycles. The molecule has 1 aliphatic rings. The van der Waals surface area contributed by atoms with Crippen molar-refractivity contribution in [2.45, 2.75) is 72.8 Å². The summed E-state index contributed by atoms with van der Waals surface area (Å²) < 4.78 is 0. The van der Waals surface area contributed by atoms with Crippen molar-refractivity contribution < 1.29 is 0 Å². The summed E-state index contributed by atoms with van der Waals surface area (Å²) in [7, 11) is 0. The fourth-order valence-corrected chi connectivity index (χ4v) is 3.03. The standard InChI is InChI=1S/C19H31N/c1-13(10-11-20-18-7-8-18)6-9-19-16(4)14(2)12-15(3)17(19)5/h12-13,18,20H,6-11H2,1-5H3. The molecule has 20 heavy (non-hydrogen) atoms. The SMILES string of the molecule is Cc1cc(C)c(C)c(CCC(C)CCNC2CC2)c1C. The van der Waals surface area contributed by atoms with Crippen LogP contribution in [-0.2, 0) is 6.42 Å². The number of benzene rings is 1. The minimum atomic E-state index is 0.820. The van der Waals surface area contributed by atoms with Crippen LogP contribution in [0.2, 0.25) is 0 Å². The third kappa shape index (κ3) is 4.09. The summed E-state index contributed by atoms with van der Waals surface area (Å²) in [5.74, 6) is 0.820. The van der Waals surface area contributed by atoms with Gasteiger partial charge in [-0.2, -0.15) is 0 Å². The van der Waals surface area contributed by atoms with Gasteiger partial charge in [0, 0.05) is 6.04 Å². The van der Waals surface area contributed by atoms with Gasteiger partial charge in [0.25, 0.3) is 0 Å². The minimum Gasteiger partial charge on any atom is -0.314 e. The topological polar surface area (TPSA) is 12.0 Å². The zero-order valence-corrected chi connectivity index (χ0v) is 14.0. The molecule has 1 N–H and O–H groups in total. The van der Waals surface area contributed by atoms with E-state index in [4.69, 9.17) is 0 Å². The fraction of sp³-hybridized carbons (Fsp3) is 0.684. The van der Waals surface area contributed by atoms with Gasteiger partial charge in [0.05, 0.1) is 0 Å². The Bertz CT molecular complexity index is 431. The van der Waals surface area contributed by atoms with Crippen molar-refractivity contribution in [3.63, 3.8) is 0 Å². The van der Waals surface area contributed by atoms with Gasteiger partial charge in [0.1, 0.15) is 0 Å². The van der Waals surface area contributed by atoms with Gasteiger partial charge in [-0.15, -0.1) is 0 Å². The van der Waals surface area contributed by atoms with E-state index in [1.165, 1.54) is 60.9 Å². The molecule has 0 radical (unpaired) electrons. The van der Waals surface area contributed by atoms with E-state index in [2.05, 4.69) is 46.0 Å². The lowest BCUT2D eigenvalue weighted by molar-refractivity contribution is 0.468. The molecule has 0 amide bonds. The molecule has 112 valence electrons. The minimum absolute atomic E-state index is 0.820. The highest BCUT2D eigenvalue weighted by Gasteiger charge is 2.20. The molecular formula is C19H31N. The summed E-state index contributed by atoms with van der Waals surface area (Å²) in [6.45, 7) is 12.7. The van der Waals surface area contributed by atoms with Crippen LogP contribution in [0.3, 0.4) is 0 Å². The third-order valence-corrected chi connectivity index (χ3v) is 5.06. The van der Waals surface area contributed by atoms with Gasteiger partial charge in [-0.3, -0.25) is 0 Å². The molecule has 1 fully saturated rings. The second-order valence-electron chi connectivity index (χ2n) is 6.90. The molecular weight excluding hydrogens is 242 g/mol. The molecule has 1 atom stereocenters. The van der Waals surface area contributed by atoms with E-state index in [0.29, 0.717) is 0 Å². The molecule has 0 spiro atoms. The number of rotatable bonds is 7. The molecule has 0 heterocycles. The van der Waals surface area contributed by atoms with Gasteiger partial charge in [-0.25, -0.2) is 0 Å². The molecule has 1 aliphatic carbocycles. The Balaban J connectivity index is 1.86. The first-order valence-electron chi connectivity index (χ1n) is 8.28. The summed E-state index contributed by atoms with van der Waals surface area (Å²) in [5.41, 5.74) is 7.52. The Labute approximate surface area is 125 Å². The van der Waals surface area contributed by atoms with Crippen molar-refractivity contribution in [1.82, 2.24) is 5.32 Å². The van der Waals surface area contributed by atoms with E-state index in [0.717, 1.165) is 12.0 Å². The van der Waals surface area contributed by atoms with Crippen LogP contribution < -0.4 is 5.32 Å². The highest BCUT2D eigenvalue weighted by molar-refractivity contribution is 5.44. The van der Waals surface area contributed by atoms with E-state index < -0.39 is 0 Å². The number of hydrogen-bond donors (Lipinski definition) is 1. The Morgan fingerprint density at radius 3 is 2.20 bits per heavy atom. The van der Waals surface area contributed by atoms with Gasteiger partial charge < -0.3 is 5.32 Å². The lowest BCUT2D eigenvalue weighted by Gasteiger charge is -2.17. The molecule has 1 nitrogen and oxygen atoms in total. The lowest BCUT2D eigenvalue weighted by atomic mass is 9.89. The van der Waals surface area contributed by atoms with Crippen LogP contribution in [0.15, 0.2) is 6.07 Å². The van der Waals surface area contributed by atoms with Gasteiger partial charge in [0.2, 0.25) is 0 Å². The maximum atomic E-state index is 3.63. The molecule has 0 aliphatic heterocycles. The number of hydrogen-bond acceptors (Lipinski definition) is 1. The van der Waals surface area contributed by atoms with Crippen molar-refractivity contribution in [3.05, 3.63) is 33.9 Å². The maximum absolute atomic E-state index is 3.63. The summed E-state index contributed by atoms with van der Waals surface area (Å²) in [6.07, 6.45) is 6.67. The molecule has 1 aromatic rings. The fourth-order valence-electron chi connectivity index (χ4n) is 3.03. The van der Waals surface area contributed by atoms with Crippen LogP contribution in [0, 0.1) is 33.6 Å². The van der Waals surface area contributed by atoms with Gasteiger partial charge in [0.15, 0.2) is 0 Å². The highest BCUT2D eigenvalue weighted by atomic mass is 14.9. The van der Waals surface area contributed by atoms with Gasteiger partial charge in [-0.1, -0.05) is 13.0 Å². The highest BCUT2D eigenvalue weighted by Crippen LogP contribution is 2.25. The van der Waals surface area contributed by atoms with Crippen LogP contribution in [0.5, 0.6) is 0 Å². The molecule has 0 bridgehead atoms. The van der Waals surface area contributed by atoms with Crippen LogP contribution >= 0.6 is 0 Å². The zero-order valence-electron chi connectivity index (χ0n) is 14.0. The van der Waals surface area contributed by atoms with E-state index in [1.807, 2.05) is 0 Å². The first-order chi connectivity index (χ1) is 9.49. The number of nitrogens with one attached hydrogen (secondary N) is 1. The normalized spacial score (nSPS) is 16.4. The monoisotopic (exact) mass is 273 g/mol. The number of aryl methyl sites for hydroxylation is 2. The van der Waals surface area contributed by atoms with E-state index >= 15 is 0 Å². The van der Waals surface area contributed by atoms with E-state index in [-0.39, 0.29) is 0 Å². The lowest BCUT2D eigenvalue weighted by Crippen LogP contribution is -2.19. The van der Waals surface area contributed by atoms with Crippen molar-refractivity contribution in [1.29, 1.82) is 0 Å². The Morgan fingerprint density at radius 2 is 1.65 bits per heavy atom. The van der Waals surface area contributed by atoms with Crippen LogP contribution in [0.25, 0.3) is 0 Å². The summed E-state index contributed by atoms with van der Waals surface area (Å²) >= 11 is 0. The van der Waals surface area contributed by atoms with E-state index in [1.54, 1.807) is 5.56 Å². The first-order valence-corrected chi connectivity index (χ1v) is 8.28. The van der Waals surface area contributed by atoms with Crippen LogP contribution in [-0.4, -0.2) is 12.6 Å². The van der Waals surface area contributed by atoms with Crippen LogP contribution in [0.4, 0.5) is 0 Å². The smallest absolute Gasteiger partial charge is 0.00682 e. The van der Waals surface area contributed by atoms with Crippen LogP contribution in [0.1, 0.15) is 60.4 Å². The van der Waals surface area contributed by atoms with Gasteiger partial charge >= 0.3 is 0 Å². The summed E-state index contributed by atoms with van der Waals surface area (Å²) in [4.78, 5) is 0. The second kappa shape index (κ2) is 6.76. The average Bonchev–Trinajstić information content (AvgIpc) is 3.20. The largest absolute Gasteiger partial charge is 0.314 e. The molecule has 1 unspecified atom stereocenters. The molecule has 1 aromatic carbocycles. The van der Waals surface area contributed by atoms with Crippen molar-refractivity contribution in [3.8, 4) is 0 Å². The van der Waals surface area contributed by atoms with Crippen molar-refractivity contribution >= 4 is 0 Å². The third-order valence-electron chi connectivity index (χ3n) is 5.06. The molecule has 1 heteroatoms. The summed E-state index contributed by atoms with van der Waals surface area (Å²) in [5, 5.41) is 3.63. The zero-order chi connectivity index (χ0) is 14.7. The Kier molecular flexibility index (Phi) is 5.26. The Morgan fingerprint density at radius 1 is 1.05 bits per heavy atom. The average molecular weight is 273 g/mol. The first kappa shape index (κ1) is 15.6. The van der Waals surface area contributed by atoms with Crippen molar-refractivity contribution in [2.24, 2.45) is 5.92 Å². The predicted octanol–water partition coefficient (Wildman–Crippen LogP) is 4.63. The maximum Gasteiger partial charge on any atom is 0.00682 e. The van der Waals surface area contributed by atoms with Gasteiger partial charge in [-0.05, 0) is 100 Å². The molecule has 0 saturated heterocycles. The summed E-state index contributed by atoms with van der Waals surface area (Å²) in [6, 6.07) is 3.18.